The van der Waals surface area contributed by atoms with Crippen LogP contribution in [0.25, 0.3) is 0 Å². The van der Waals surface area contributed by atoms with Crippen LogP contribution in [0.1, 0.15) is 41.2 Å². The first-order chi connectivity index (χ1) is 6.68. The van der Waals surface area contributed by atoms with Crippen LogP contribution in [0.15, 0.2) is 12.1 Å². The summed E-state index contributed by atoms with van der Waals surface area (Å²) in [4.78, 5) is 0. The number of aryl methyl sites for hydroxylation is 3. The number of rotatable bonds is 1. The lowest BCUT2D eigenvalue weighted by molar-refractivity contribution is 0.111. The highest BCUT2D eigenvalue weighted by molar-refractivity contribution is 5.39. The highest BCUT2D eigenvalue weighted by atomic mass is 16.5. The summed E-state index contributed by atoms with van der Waals surface area (Å²) in [5.74, 6) is 0. The van der Waals surface area contributed by atoms with E-state index in [4.69, 9.17) is 4.74 Å². The van der Waals surface area contributed by atoms with Gasteiger partial charge in [-0.05, 0) is 50.3 Å². The summed E-state index contributed by atoms with van der Waals surface area (Å²) in [5, 5.41) is 0. The SMILES string of the molecule is Cc1cc(C)c(C2CCCO2)c(C)c1. The van der Waals surface area contributed by atoms with Gasteiger partial charge in [-0.25, -0.2) is 0 Å². The molecular weight excluding hydrogens is 172 g/mol. The third-order valence-corrected chi connectivity index (χ3v) is 2.99. The van der Waals surface area contributed by atoms with Gasteiger partial charge >= 0.3 is 0 Å². The second-order valence-electron chi connectivity index (χ2n) is 4.31. The maximum absolute atomic E-state index is 5.74. The largest absolute Gasteiger partial charge is 0.374 e. The van der Waals surface area contributed by atoms with Crippen molar-refractivity contribution in [3.63, 3.8) is 0 Å². The summed E-state index contributed by atoms with van der Waals surface area (Å²) in [6, 6.07) is 4.51. The van der Waals surface area contributed by atoms with Crippen molar-refractivity contribution < 1.29 is 4.74 Å². The molecule has 0 aromatic heterocycles. The summed E-state index contributed by atoms with van der Waals surface area (Å²) in [7, 11) is 0. The highest BCUT2D eigenvalue weighted by Gasteiger charge is 2.21. The van der Waals surface area contributed by atoms with E-state index in [0.29, 0.717) is 6.10 Å². The monoisotopic (exact) mass is 190 g/mol. The van der Waals surface area contributed by atoms with E-state index in [-0.39, 0.29) is 0 Å². The molecule has 0 spiro atoms. The van der Waals surface area contributed by atoms with E-state index in [9.17, 15) is 0 Å². The molecule has 0 radical (unpaired) electrons. The first kappa shape index (κ1) is 9.72. The summed E-state index contributed by atoms with van der Waals surface area (Å²) in [5.41, 5.74) is 5.54. The number of ether oxygens (including phenoxy) is 1. The second kappa shape index (κ2) is 3.74. The average Bonchev–Trinajstić information content (AvgIpc) is 2.54. The molecule has 76 valence electrons. The van der Waals surface area contributed by atoms with Crippen molar-refractivity contribution in [2.75, 3.05) is 6.61 Å². The van der Waals surface area contributed by atoms with Gasteiger partial charge in [0.25, 0.3) is 0 Å². The first-order valence-electron chi connectivity index (χ1n) is 5.38. The fourth-order valence-electron chi connectivity index (χ4n) is 2.50. The van der Waals surface area contributed by atoms with Crippen LogP contribution >= 0.6 is 0 Å². The van der Waals surface area contributed by atoms with Crippen LogP contribution < -0.4 is 0 Å². The maximum Gasteiger partial charge on any atom is 0.0830 e. The van der Waals surface area contributed by atoms with Gasteiger partial charge < -0.3 is 4.74 Å². The number of hydrogen-bond acceptors (Lipinski definition) is 1. The van der Waals surface area contributed by atoms with Crippen molar-refractivity contribution in [3.8, 4) is 0 Å². The van der Waals surface area contributed by atoms with Gasteiger partial charge in [-0.2, -0.15) is 0 Å². The third kappa shape index (κ3) is 1.69. The first-order valence-corrected chi connectivity index (χ1v) is 5.38. The van der Waals surface area contributed by atoms with Crippen molar-refractivity contribution in [3.05, 3.63) is 34.4 Å². The molecule has 1 aliphatic heterocycles. The van der Waals surface area contributed by atoms with Crippen molar-refractivity contribution in [2.45, 2.75) is 39.7 Å². The van der Waals surface area contributed by atoms with Gasteiger partial charge in [0.2, 0.25) is 0 Å². The molecule has 1 nitrogen and oxygen atoms in total. The minimum Gasteiger partial charge on any atom is -0.374 e. The van der Waals surface area contributed by atoms with E-state index in [1.54, 1.807) is 0 Å². The van der Waals surface area contributed by atoms with Gasteiger partial charge in [-0.3, -0.25) is 0 Å². The van der Waals surface area contributed by atoms with Crippen LogP contribution in [0, 0.1) is 20.8 Å². The molecule has 1 aromatic carbocycles. The van der Waals surface area contributed by atoms with Gasteiger partial charge in [-0.15, -0.1) is 0 Å². The Hall–Kier alpha value is -0.820. The molecule has 0 amide bonds. The molecule has 14 heavy (non-hydrogen) atoms. The minimum absolute atomic E-state index is 0.357. The van der Waals surface area contributed by atoms with Crippen molar-refractivity contribution in [1.82, 2.24) is 0 Å². The Kier molecular flexibility index (Phi) is 2.60. The molecule has 0 aliphatic carbocycles. The van der Waals surface area contributed by atoms with E-state index >= 15 is 0 Å². The highest BCUT2D eigenvalue weighted by Crippen LogP contribution is 2.33. The van der Waals surface area contributed by atoms with E-state index in [1.807, 2.05) is 0 Å². The standard InChI is InChI=1S/C13H18O/c1-9-7-10(2)13(11(3)8-9)12-5-4-6-14-12/h7-8,12H,4-6H2,1-3H3. The molecule has 1 unspecified atom stereocenters. The molecule has 0 N–H and O–H groups in total. The molecule has 1 heterocycles. The zero-order chi connectivity index (χ0) is 10.1. The van der Waals surface area contributed by atoms with E-state index in [2.05, 4.69) is 32.9 Å². The fraction of sp³-hybridized carbons (Fsp3) is 0.538. The van der Waals surface area contributed by atoms with E-state index in [1.165, 1.54) is 35.1 Å². The van der Waals surface area contributed by atoms with Gasteiger partial charge in [0.1, 0.15) is 0 Å². The normalized spacial score (nSPS) is 21.5. The van der Waals surface area contributed by atoms with E-state index in [0.717, 1.165) is 6.61 Å². The van der Waals surface area contributed by atoms with Crippen LogP contribution in [-0.2, 0) is 4.74 Å². The van der Waals surface area contributed by atoms with E-state index < -0.39 is 0 Å². The smallest absolute Gasteiger partial charge is 0.0830 e. The lowest BCUT2D eigenvalue weighted by atomic mass is 9.94. The quantitative estimate of drug-likeness (QED) is 0.659. The van der Waals surface area contributed by atoms with Gasteiger partial charge in [0, 0.05) is 6.61 Å². The maximum atomic E-state index is 5.74. The number of hydrogen-bond donors (Lipinski definition) is 0. The van der Waals surface area contributed by atoms with Crippen LogP contribution in [0.2, 0.25) is 0 Å². The lowest BCUT2D eigenvalue weighted by Crippen LogP contribution is -2.02. The van der Waals surface area contributed by atoms with Crippen molar-refractivity contribution in [1.29, 1.82) is 0 Å². The predicted octanol–water partition coefficient (Wildman–Crippen LogP) is 3.46. The molecule has 1 saturated heterocycles. The Morgan fingerprint density at radius 1 is 1.14 bits per heavy atom. The Balaban J connectivity index is 2.40. The molecular formula is C13H18O. The molecule has 0 bridgehead atoms. The van der Waals surface area contributed by atoms with Crippen LogP contribution in [0.5, 0.6) is 0 Å². The predicted molar refractivity (Wildman–Crippen MR) is 58.6 cm³/mol. The molecule has 0 saturated carbocycles. The van der Waals surface area contributed by atoms with Gasteiger partial charge in [0.15, 0.2) is 0 Å². The summed E-state index contributed by atoms with van der Waals surface area (Å²) in [6.07, 6.45) is 2.75. The van der Waals surface area contributed by atoms with Crippen LogP contribution in [0.3, 0.4) is 0 Å². The summed E-state index contributed by atoms with van der Waals surface area (Å²) >= 11 is 0. The lowest BCUT2D eigenvalue weighted by Gasteiger charge is -2.16. The Morgan fingerprint density at radius 2 is 1.79 bits per heavy atom. The van der Waals surface area contributed by atoms with Gasteiger partial charge in [-0.1, -0.05) is 17.7 Å². The fourth-order valence-corrected chi connectivity index (χ4v) is 2.50. The average molecular weight is 190 g/mol. The Morgan fingerprint density at radius 3 is 2.29 bits per heavy atom. The minimum atomic E-state index is 0.357. The molecule has 1 aromatic rings. The number of benzene rings is 1. The second-order valence-corrected chi connectivity index (χ2v) is 4.31. The third-order valence-electron chi connectivity index (χ3n) is 2.99. The van der Waals surface area contributed by atoms with Crippen molar-refractivity contribution >= 4 is 0 Å². The van der Waals surface area contributed by atoms with Crippen molar-refractivity contribution in [2.24, 2.45) is 0 Å². The summed E-state index contributed by atoms with van der Waals surface area (Å²) in [6.45, 7) is 7.46. The molecule has 1 atom stereocenters. The molecule has 2 rings (SSSR count). The zero-order valence-electron chi connectivity index (χ0n) is 9.26. The molecule has 1 heteroatoms. The summed E-state index contributed by atoms with van der Waals surface area (Å²) < 4.78 is 5.74. The van der Waals surface area contributed by atoms with Gasteiger partial charge in [0.05, 0.1) is 6.10 Å². The topological polar surface area (TPSA) is 9.23 Å². The Labute approximate surface area is 86.1 Å². The molecule has 1 fully saturated rings. The zero-order valence-corrected chi connectivity index (χ0v) is 9.26. The van der Waals surface area contributed by atoms with Crippen LogP contribution in [-0.4, -0.2) is 6.61 Å². The Bertz CT molecular complexity index is 312. The van der Waals surface area contributed by atoms with Crippen LogP contribution in [0.4, 0.5) is 0 Å². The molecule has 1 aliphatic rings.